The van der Waals surface area contributed by atoms with Gasteiger partial charge in [0.2, 0.25) is 0 Å². The minimum Gasteiger partial charge on any atom is -0.468 e. The third-order valence-corrected chi connectivity index (χ3v) is 3.45. The lowest BCUT2D eigenvalue weighted by atomic mass is 10.2. The number of nitrogens with one attached hydrogen (secondary N) is 1. The Morgan fingerprint density at radius 3 is 2.75 bits per heavy atom. The molecule has 0 bridgehead atoms. The van der Waals surface area contributed by atoms with Crippen molar-refractivity contribution >= 4 is 0 Å². The fourth-order valence-corrected chi connectivity index (χ4v) is 2.30. The normalized spacial score (nSPS) is 21.1. The molecule has 2 atom stereocenters. The van der Waals surface area contributed by atoms with Gasteiger partial charge in [-0.25, -0.2) is 0 Å². The van der Waals surface area contributed by atoms with Crippen molar-refractivity contribution in [3.8, 4) is 0 Å². The first-order valence-electron chi connectivity index (χ1n) is 6.28. The molecule has 3 heteroatoms. The van der Waals surface area contributed by atoms with Crippen molar-refractivity contribution in [1.29, 1.82) is 0 Å². The van der Waals surface area contributed by atoms with E-state index in [1.165, 1.54) is 25.9 Å². The Labute approximate surface area is 97.8 Å². The molecule has 0 spiro atoms. The summed E-state index contributed by atoms with van der Waals surface area (Å²) in [7, 11) is 0. The van der Waals surface area contributed by atoms with Crippen molar-refractivity contribution in [3.63, 3.8) is 0 Å². The summed E-state index contributed by atoms with van der Waals surface area (Å²) in [6, 6.07) is 4.90. The van der Waals surface area contributed by atoms with E-state index in [1.54, 1.807) is 6.26 Å². The Kier molecular flexibility index (Phi) is 4.02. The van der Waals surface area contributed by atoms with Crippen LogP contribution in [0.4, 0.5) is 0 Å². The van der Waals surface area contributed by atoms with Gasteiger partial charge < -0.3 is 9.73 Å². The quantitative estimate of drug-likeness (QED) is 0.829. The molecule has 0 amide bonds. The third kappa shape index (κ3) is 2.86. The maximum absolute atomic E-state index is 5.38. The van der Waals surface area contributed by atoms with E-state index in [9.17, 15) is 0 Å². The summed E-state index contributed by atoms with van der Waals surface area (Å²) in [5.74, 6) is 1.02. The zero-order chi connectivity index (χ0) is 11.4. The van der Waals surface area contributed by atoms with Crippen LogP contribution in [0.25, 0.3) is 0 Å². The Balaban J connectivity index is 1.74. The largest absolute Gasteiger partial charge is 0.468 e. The zero-order valence-corrected chi connectivity index (χ0v) is 10.3. The van der Waals surface area contributed by atoms with Gasteiger partial charge in [-0.3, -0.25) is 4.90 Å². The third-order valence-electron chi connectivity index (χ3n) is 3.45. The summed E-state index contributed by atoms with van der Waals surface area (Å²) < 4.78 is 5.38. The molecule has 3 nitrogen and oxygen atoms in total. The van der Waals surface area contributed by atoms with Gasteiger partial charge >= 0.3 is 0 Å². The molecule has 0 radical (unpaired) electrons. The van der Waals surface area contributed by atoms with Crippen molar-refractivity contribution in [2.24, 2.45) is 0 Å². The molecule has 0 aliphatic carbocycles. The minimum absolute atomic E-state index is 0.306. The highest BCUT2D eigenvalue weighted by Gasteiger charge is 2.18. The highest BCUT2D eigenvalue weighted by Crippen LogP contribution is 2.14. The van der Waals surface area contributed by atoms with Crippen LogP contribution in [0.5, 0.6) is 0 Å². The molecule has 1 aliphatic rings. The van der Waals surface area contributed by atoms with Gasteiger partial charge in [-0.1, -0.05) is 0 Å². The molecular weight excluding hydrogens is 200 g/mol. The lowest BCUT2D eigenvalue weighted by molar-refractivity contribution is 0.244. The fourth-order valence-electron chi connectivity index (χ4n) is 2.30. The summed E-state index contributed by atoms with van der Waals surface area (Å²) in [6.07, 6.45) is 4.45. The molecule has 1 aromatic heterocycles. The topological polar surface area (TPSA) is 28.4 Å². The first-order chi connectivity index (χ1) is 7.77. The highest BCUT2D eigenvalue weighted by molar-refractivity contribution is 5.03. The van der Waals surface area contributed by atoms with Gasteiger partial charge in [0.15, 0.2) is 0 Å². The first kappa shape index (κ1) is 11.7. The second-order valence-corrected chi connectivity index (χ2v) is 4.74. The molecule has 1 aliphatic heterocycles. The predicted molar refractivity (Wildman–Crippen MR) is 65.4 cm³/mol. The standard InChI is InChI=1S/C13H22N2O/c1-11(15-7-3-4-8-15)10-14-12(2)13-6-5-9-16-13/h5-6,9,11-12,14H,3-4,7-8,10H2,1-2H3. The molecular formula is C13H22N2O. The predicted octanol–water partition coefficient (Wildman–Crippen LogP) is 2.41. The van der Waals surface area contributed by atoms with Crippen LogP contribution in [-0.4, -0.2) is 30.6 Å². The average molecular weight is 222 g/mol. The molecule has 1 fully saturated rings. The van der Waals surface area contributed by atoms with Gasteiger partial charge in [0.05, 0.1) is 12.3 Å². The molecule has 1 saturated heterocycles. The summed E-state index contributed by atoms with van der Waals surface area (Å²) in [5, 5.41) is 3.53. The summed E-state index contributed by atoms with van der Waals surface area (Å²) >= 11 is 0. The molecule has 2 heterocycles. The van der Waals surface area contributed by atoms with Gasteiger partial charge in [-0.05, 0) is 51.9 Å². The lowest BCUT2D eigenvalue weighted by Crippen LogP contribution is -2.39. The first-order valence-corrected chi connectivity index (χ1v) is 6.28. The Hall–Kier alpha value is -0.800. The van der Waals surface area contributed by atoms with Crippen LogP contribution in [0.15, 0.2) is 22.8 Å². The number of hydrogen-bond acceptors (Lipinski definition) is 3. The summed E-state index contributed by atoms with van der Waals surface area (Å²) in [5.41, 5.74) is 0. The number of rotatable bonds is 5. The minimum atomic E-state index is 0.306. The maximum atomic E-state index is 5.38. The fraction of sp³-hybridized carbons (Fsp3) is 0.692. The van der Waals surface area contributed by atoms with Crippen LogP contribution in [0.3, 0.4) is 0 Å². The zero-order valence-electron chi connectivity index (χ0n) is 10.3. The van der Waals surface area contributed by atoms with Crippen LogP contribution in [-0.2, 0) is 0 Å². The molecule has 0 aromatic carbocycles. The molecule has 1 aromatic rings. The van der Waals surface area contributed by atoms with Gasteiger partial charge in [-0.2, -0.15) is 0 Å². The molecule has 16 heavy (non-hydrogen) atoms. The number of nitrogens with zero attached hydrogens (tertiary/aromatic N) is 1. The van der Waals surface area contributed by atoms with Gasteiger partial charge in [-0.15, -0.1) is 0 Å². The van der Waals surface area contributed by atoms with E-state index < -0.39 is 0 Å². The van der Waals surface area contributed by atoms with Crippen LogP contribution in [0.2, 0.25) is 0 Å². The van der Waals surface area contributed by atoms with E-state index in [0.717, 1.165) is 12.3 Å². The van der Waals surface area contributed by atoms with E-state index >= 15 is 0 Å². The average Bonchev–Trinajstić information content (AvgIpc) is 2.95. The van der Waals surface area contributed by atoms with Crippen LogP contribution < -0.4 is 5.32 Å². The Morgan fingerprint density at radius 1 is 1.38 bits per heavy atom. The second kappa shape index (κ2) is 5.51. The van der Waals surface area contributed by atoms with Crippen molar-refractivity contribution < 1.29 is 4.42 Å². The lowest BCUT2D eigenvalue weighted by Gasteiger charge is -2.25. The molecule has 2 rings (SSSR count). The number of likely N-dealkylation sites (tertiary alicyclic amines) is 1. The number of hydrogen-bond donors (Lipinski definition) is 1. The Morgan fingerprint density at radius 2 is 2.12 bits per heavy atom. The van der Waals surface area contributed by atoms with Crippen molar-refractivity contribution in [3.05, 3.63) is 24.2 Å². The molecule has 1 N–H and O–H groups in total. The molecule has 2 unspecified atom stereocenters. The van der Waals surface area contributed by atoms with Gasteiger partial charge in [0.1, 0.15) is 5.76 Å². The van der Waals surface area contributed by atoms with Gasteiger partial charge in [0, 0.05) is 12.6 Å². The monoisotopic (exact) mass is 222 g/mol. The van der Waals surface area contributed by atoms with Crippen LogP contribution >= 0.6 is 0 Å². The smallest absolute Gasteiger partial charge is 0.120 e. The Bertz CT molecular complexity index is 291. The SMILES string of the molecule is CC(NCC(C)N1CCCC1)c1ccco1. The maximum Gasteiger partial charge on any atom is 0.120 e. The number of furan rings is 1. The van der Waals surface area contributed by atoms with E-state index in [0.29, 0.717) is 12.1 Å². The van der Waals surface area contributed by atoms with E-state index in [1.807, 2.05) is 12.1 Å². The van der Waals surface area contributed by atoms with Crippen molar-refractivity contribution in [1.82, 2.24) is 10.2 Å². The van der Waals surface area contributed by atoms with Crippen LogP contribution in [0, 0.1) is 0 Å². The highest BCUT2D eigenvalue weighted by atomic mass is 16.3. The molecule has 0 saturated carbocycles. The molecule has 90 valence electrons. The second-order valence-electron chi connectivity index (χ2n) is 4.74. The summed E-state index contributed by atoms with van der Waals surface area (Å²) in [4.78, 5) is 2.56. The van der Waals surface area contributed by atoms with E-state index in [2.05, 4.69) is 24.1 Å². The summed E-state index contributed by atoms with van der Waals surface area (Å²) in [6.45, 7) is 8.00. The van der Waals surface area contributed by atoms with Crippen molar-refractivity contribution in [2.45, 2.75) is 38.8 Å². The van der Waals surface area contributed by atoms with Crippen molar-refractivity contribution in [2.75, 3.05) is 19.6 Å². The van der Waals surface area contributed by atoms with E-state index in [4.69, 9.17) is 4.42 Å². The van der Waals surface area contributed by atoms with E-state index in [-0.39, 0.29) is 0 Å². The van der Waals surface area contributed by atoms with Crippen LogP contribution in [0.1, 0.15) is 38.5 Å². The van der Waals surface area contributed by atoms with Gasteiger partial charge in [0.25, 0.3) is 0 Å².